The maximum absolute atomic E-state index is 13.8. The molecule has 1 aromatic rings. The highest BCUT2D eigenvalue weighted by molar-refractivity contribution is 6.74. The molecule has 1 N–H and O–H groups in total. The van der Waals surface area contributed by atoms with Gasteiger partial charge in [-0.1, -0.05) is 50.2 Å². The average Bonchev–Trinajstić information content (AvgIpc) is 2.90. The number of oxime groups is 1. The Hall–Kier alpha value is -1.38. The van der Waals surface area contributed by atoms with Crippen molar-refractivity contribution in [1.82, 2.24) is 0 Å². The van der Waals surface area contributed by atoms with Gasteiger partial charge in [0, 0.05) is 0 Å². The molecule has 1 aliphatic rings. The van der Waals surface area contributed by atoms with Crippen LogP contribution < -0.4 is 0 Å². The van der Waals surface area contributed by atoms with Crippen LogP contribution in [0.5, 0.6) is 0 Å². The van der Waals surface area contributed by atoms with E-state index in [4.69, 9.17) is 14.4 Å². The van der Waals surface area contributed by atoms with Gasteiger partial charge in [-0.25, -0.2) is 0 Å². The number of alkyl halides is 3. The van der Waals surface area contributed by atoms with E-state index in [1.165, 1.54) is 0 Å². The van der Waals surface area contributed by atoms with Gasteiger partial charge in [0.2, 0.25) is 0 Å². The Morgan fingerprint density at radius 2 is 1.76 bits per heavy atom. The molecule has 0 radical (unpaired) electrons. The molecule has 0 bridgehead atoms. The van der Waals surface area contributed by atoms with Crippen LogP contribution in [0.2, 0.25) is 18.1 Å². The second-order valence-corrected chi connectivity index (χ2v) is 12.5. The molecule has 1 atom stereocenters. The lowest BCUT2D eigenvalue weighted by molar-refractivity contribution is -0.347. The second kappa shape index (κ2) is 6.41. The van der Waals surface area contributed by atoms with Crippen LogP contribution >= 0.6 is 0 Å². The largest absolute Gasteiger partial charge is 0.457 e. The summed E-state index contributed by atoms with van der Waals surface area (Å²) in [5.41, 5.74) is 1.37. The first-order valence-corrected chi connectivity index (χ1v) is 10.9. The van der Waals surface area contributed by atoms with Crippen molar-refractivity contribution in [3.05, 3.63) is 35.4 Å². The Morgan fingerprint density at radius 1 is 1.20 bits per heavy atom. The lowest BCUT2D eigenvalue weighted by Crippen LogP contribution is -2.57. The highest BCUT2D eigenvalue weighted by Gasteiger charge is 2.65. The fraction of sp³-hybridized carbons (Fsp3) is 0.588. The monoisotopic (exact) mass is 375 g/mol. The van der Waals surface area contributed by atoms with Gasteiger partial charge in [-0.15, -0.1) is 0 Å². The zero-order chi connectivity index (χ0) is 19.1. The van der Waals surface area contributed by atoms with Crippen molar-refractivity contribution < 1.29 is 27.5 Å². The SMILES string of the molecule is CC(C)(C)[Si](C)(C)OC1(C(F)(F)F)CC(c2ccc(CO)cc2)=NO1. The molecule has 1 aromatic carbocycles. The van der Waals surface area contributed by atoms with Crippen LogP contribution in [0.15, 0.2) is 29.4 Å². The van der Waals surface area contributed by atoms with Gasteiger partial charge in [0.25, 0.3) is 0 Å². The van der Waals surface area contributed by atoms with E-state index in [0.29, 0.717) is 11.1 Å². The van der Waals surface area contributed by atoms with Crippen molar-refractivity contribution in [3.8, 4) is 0 Å². The van der Waals surface area contributed by atoms with E-state index in [1.807, 2.05) is 20.8 Å². The van der Waals surface area contributed by atoms with E-state index in [0.717, 1.165) is 0 Å². The van der Waals surface area contributed by atoms with E-state index in [1.54, 1.807) is 37.4 Å². The normalized spacial score (nSPS) is 21.9. The summed E-state index contributed by atoms with van der Waals surface area (Å²) in [6.07, 6.45) is -5.21. The molecule has 1 heterocycles. The molecule has 1 unspecified atom stereocenters. The Balaban J connectivity index is 2.30. The molecule has 0 spiro atoms. The number of halogens is 3. The zero-order valence-electron chi connectivity index (χ0n) is 15.1. The predicted octanol–water partition coefficient (Wildman–Crippen LogP) is 4.58. The summed E-state index contributed by atoms with van der Waals surface area (Å²) < 4.78 is 47.1. The molecule has 0 aliphatic carbocycles. The summed E-state index contributed by atoms with van der Waals surface area (Å²) in [6.45, 7) is 8.97. The second-order valence-electron chi connectivity index (χ2n) is 7.77. The van der Waals surface area contributed by atoms with Crippen LogP contribution in [0, 0.1) is 0 Å². The number of benzene rings is 1. The van der Waals surface area contributed by atoms with Gasteiger partial charge in [-0.05, 0) is 29.3 Å². The topological polar surface area (TPSA) is 51.0 Å². The van der Waals surface area contributed by atoms with Gasteiger partial charge in [-0.2, -0.15) is 13.2 Å². The summed E-state index contributed by atoms with van der Waals surface area (Å²) in [6, 6.07) is 6.51. The van der Waals surface area contributed by atoms with Gasteiger partial charge < -0.3 is 14.4 Å². The summed E-state index contributed by atoms with van der Waals surface area (Å²) in [5, 5.41) is 12.3. The number of nitrogens with zero attached hydrogens (tertiary/aromatic N) is 1. The predicted molar refractivity (Wildman–Crippen MR) is 91.7 cm³/mol. The van der Waals surface area contributed by atoms with E-state index in [-0.39, 0.29) is 12.3 Å². The molecule has 0 saturated heterocycles. The first-order chi connectivity index (χ1) is 11.3. The third kappa shape index (κ3) is 3.90. The van der Waals surface area contributed by atoms with Crippen LogP contribution in [0.3, 0.4) is 0 Å². The Kier molecular flexibility index (Phi) is 5.11. The van der Waals surface area contributed by atoms with E-state index < -0.39 is 31.7 Å². The minimum atomic E-state index is -4.71. The summed E-state index contributed by atoms with van der Waals surface area (Å²) in [7, 11) is -2.75. The Labute approximate surface area is 146 Å². The van der Waals surface area contributed by atoms with Crippen LogP contribution in [-0.4, -0.2) is 31.1 Å². The zero-order valence-corrected chi connectivity index (χ0v) is 16.1. The number of aliphatic hydroxyl groups is 1. The van der Waals surface area contributed by atoms with Gasteiger partial charge in [0.05, 0.1) is 18.7 Å². The minimum absolute atomic E-state index is 0.135. The van der Waals surface area contributed by atoms with Crippen LogP contribution in [-0.2, 0) is 15.9 Å². The molecule has 1 aliphatic heterocycles. The molecule has 8 heteroatoms. The fourth-order valence-corrected chi connectivity index (χ4v) is 3.56. The van der Waals surface area contributed by atoms with Gasteiger partial charge in [0.1, 0.15) is 0 Å². The quantitative estimate of drug-likeness (QED) is 0.784. The summed E-state index contributed by atoms with van der Waals surface area (Å²) >= 11 is 0. The smallest absolute Gasteiger partial charge is 0.392 e. The van der Waals surface area contributed by atoms with Crippen molar-refractivity contribution in [2.24, 2.45) is 5.16 Å². The molecular weight excluding hydrogens is 351 g/mol. The van der Waals surface area contributed by atoms with Gasteiger partial charge in [-0.3, -0.25) is 0 Å². The van der Waals surface area contributed by atoms with Gasteiger partial charge >= 0.3 is 12.0 Å². The molecule has 0 saturated carbocycles. The third-order valence-electron chi connectivity index (χ3n) is 4.83. The van der Waals surface area contributed by atoms with E-state index in [9.17, 15) is 13.2 Å². The van der Waals surface area contributed by atoms with Gasteiger partial charge in [0.15, 0.2) is 8.32 Å². The van der Waals surface area contributed by atoms with Crippen LogP contribution in [0.25, 0.3) is 0 Å². The molecule has 0 amide bonds. The van der Waals surface area contributed by atoms with Crippen molar-refractivity contribution in [3.63, 3.8) is 0 Å². The Morgan fingerprint density at radius 3 is 2.20 bits per heavy atom. The standard InChI is InChI=1S/C17H24F3NO3Si/c1-15(2,3)25(4,5)24-16(17(18,19)20)10-14(21-23-16)13-8-6-12(11-22)7-9-13/h6-9,22H,10-11H2,1-5H3. The first-order valence-electron chi connectivity index (χ1n) is 8.03. The fourth-order valence-electron chi connectivity index (χ4n) is 2.20. The maximum Gasteiger partial charge on any atom is 0.457 e. The highest BCUT2D eigenvalue weighted by atomic mass is 28.4. The third-order valence-corrected chi connectivity index (χ3v) is 9.28. The molecule has 140 valence electrons. The lowest BCUT2D eigenvalue weighted by Gasteiger charge is -2.42. The number of rotatable bonds is 4. The van der Waals surface area contributed by atoms with Crippen LogP contribution in [0.4, 0.5) is 13.2 Å². The minimum Gasteiger partial charge on any atom is -0.392 e. The number of hydrogen-bond donors (Lipinski definition) is 1. The van der Waals surface area contributed by atoms with E-state index in [2.05, 4.69) is 5.16 Å². The first kappa shape index (κ1) is 19.9. The molecule has 4 nitrogen and oxygen atoms in total. The molecule has 25 heavy (non-hydrogen) atoms. The van der Waals surface area contributed by atoms with Crippen molar-refractivity contribution in [2.45, 2.75) is 63.9 Å². The lowest BCUT2D eigenvalue weighted by atomic mass is 10.0. The average molecular weight is 375 g/mol. The van der Waals surface area contributed by atoms with Crippen molar-refractivity contribution in [2.75, 3.05) is 0 Å². The molecular formula is C17H24F3NO3Si. The number of hydrogen-bond acceptors (Lipinski definition) is 4. The maximum atomic E-state index is 13.8. The highest BCUT2D eigenvalue weighted by Crippen LogP contribution is 2.48. The van der Waals surface area contributed by atoms with Crippen molar-refractivity contribution >= 4 is 14.0 Å². The van der Waals surface area contributed by atoms with Crippen molar-refractivity contribution in [1.29, 1.82) is 0 Å². The summed E-state index contributed by atoms with van der Waals surface area (Å²) in [4.78, 5) is 4.89. The Bertz CT molecular complexity index is 651. The molecule has 2 rings (SSSR count). The number of aliphatic hydroxyl groups excluding tert-OH is 1. The summed E-state index contributed by atoms with van der Waals surface area (Å²) in [5.74, 6) is -2.75. The van der Waals surface area contributed by atoms with E-state index >= 15 is 0 Å². The molecule has 0 fully saturated rings. The molecule has 0 aromatic heterocycles. The van der Waals surface area contributed by atoms with Crippen LogP contribution in [0.1, 0.15) is 38.3 Å².